The first-order chi connectivity index (χ1) is 12.6. The summed E-state index contributed by atoms with van der Waals surface area (Å²) in [6.45, 7) is 10.9. The van der Waals surface area contributed by atoms with Crippen LogP contribution in [0.25, 0.3) is 5.69 Å². The molecule has 0 aliphatic carbocycles. The van der Waals surface area contributed by atoms with E-state index in [0.29, 0.717) is 28.4 Å². The van der Waals surface area contributed by atoms with Crippen molar-refractivity contribution < 1.29 is 9.57 Å². The van der Waals surface area contributed by atoms with Crippen LogP contribution in [0.3, 0.4) is 0 Å². The molecule has 1 unspecified atom stereocenters. The number of hydrogen-bond acceptors (Lipinski definition) is 5. The van der Waals surface area contributed by atoms with E-state index in [-0.39, 0.29) is 17.4 Å². The summed E-state index contributed by atoms with van der Waals surface area (Å²) in [5.41, 5.74) is 3.40. The minimum atomic E-state index is -0.383. The Morgan fingerprint density at radius 3 is 2.33 bits per heavy atom. The van der Waals surface area contributed by atoms with Crippen molar-refractivity contribution >= 4 is 5.71 Å². The van der Waals surface area contributed by atoms with Gasteiger partial charge in [0.05, 0.1) is 11.4 Å². The fourth-order valence-electron chi connectivity index (χ4n) is 2.85. The first-order valence-corrected chi connectivity index (χ1v) is 8.75. The standard InChI is InChI=1S/C20H27N3O4/c1-11-9-12(2)18(27-16(6)14(4)21-26-8)10-17(11)23-19(24)13(3)15(5)22(7)20(23)25/h9-10,16H,1-8H3/b21-14+. The second kappa shape index (κ2) is 7.82. The van der Waals surface area contributed by atoms with Gasteiger partial charge in [0.2, 0.25) is 0 Å². The Hall–Kier alpha value is -2.83. The van der Waals surface area contributed by atoms with Crippen molar-refractivity contribution in [1.29, 1.82) is 0 Å². The average Bonchev–Trinajstić information content (AvgIpc) is 2.62. The molecule has 7 nitrogen and oxygen atoms in total. The van der Waals surface area contributed by atoms with E-state index < -0.39 is 0 Å². The summed E-state index contributed by atoms with van der Waals surface area (Å²) >= 11 is 0. The van der Waals surface area contributed by atoms with E-state index in [1.54, 1.807) is 27.0 Å². The molecule has 0 aliphatic heterocycles. The van der Waals surface area contributed by atoms with Crippen LogP contribution in [0.4, 0.5) is 0 Å². The molecular weight excluding hydrogens is 346 g/mol. The maximum absolute atomic E-state index is 12.8. The first-order valence-electron chi connectivity index (χ1n) is 8.75. The van der Waals surface area contributed by atoms with E-state index in [2.05, 4.69) is 5.16 Å². The maximum Gasteiger partial charge on any atom is 0.335 e. The van der Waals surface area contributed by atoms with Crippen LogP contribution in [0.2, 0.25) is 0 Å². The summed E-state index contributed by atoms with van der Waals surface area (Å²) < 4.78 is 8.69. The molecule has 0 N–H and O–H groups in total. The molecule has 0 saturated carbocycles. The maximum atomic E-state index is 12.8. The van der Waals surface area contributed by atoms with Crippen molar-refractivity contribution in [2.45, 2.75) is 47.6 Å². The number of aromatic nitrogens is 2. The van der Waals surface area contributed by atoms with Gasteiger partial charge in [-0.25, -0.2) is 9.36 Å². The van der Waals surface area contributed by atoms with Gasteiger partial charge < -0.3 is 14.1 Å². The molecular formula is C20H27N3O4. The fourth-order valence-corrected chi connectivity index (χ4v) is 2.85. The second-order valence-corrected chi connectivity index (χ2v) is 6.77. The molecule has 27 heavy (non-hydrogen) atoms. The van der Waals surface area contributed by atoms with Crippen LogP contribution in [0.5, 0.6) is 5.75 Å². The minimum Gasteiger partial charge on any atom is -0.484 e. The number of nitrogens with zero attached hydrogens (tertiary/aromatic N) is 3. The summed E-state index contributed by atoms with van der Waals surface area (Å²) in [6.07, 6.45) is -0.321. The average molecular weight is 373 g/mol. The monoisotopic (exact) mass is 373 g/mol. The van der Waals surface area contributed by atoms with E-state index in [1.165, 1.54) is 16.2 Å². The van der Waals surface area contributed by atoms with Crippen LogP contribution in [-0.4, -0.2) is 28.1 Å². The topological polar surface area (TPSA) is 74.8 Å². The molecule has 1 aromatic heterocycles. The van der Waals surface area contributed by atoms with Crippen LogP contribution >= 0.6 is 0 Å². The molecule has 1 aromatic carbocycles. The lowest BCUT2D eigenvalue weighted by atomic mass is 10.1. The third-order valence-corrected chi connectivity index (χ3v) is 4.91. The molecule has 0 fully saturated rings. The quantitative estimate of drug-likeness (QED) is 0.596. The van der Waals surface area contributed by atoms with Crippen molar-refractivity contribution in [1.82, 2.24) is 9.13 Å². The number of oxime groups is 1. The predicted molar refractivity (Wildman–Crippen MR) is 106 cm³/mol. The molecule has 1 heterocycles. The molecule has 7 heteroatoms. The molecule has 2 rings (SSSR count). The number of benzene rings is 1. The molecule has 0 radical (unpaired) electrons. The Morgan fingerprint density at radius 2 is 1.74 bits per heavy atom. The minimum absolute atomic E-state index is 0.321. The van der Waals surface area contributed by atoms with Gasteiger partial charge in [-0.2, -0.15) is 0 Å². The molecule has 0 saturated heterocycles. The van der Waals surface area contributed by atoms with Gasteiger partial charge in [0, 0.05) is 24.4 Å². The second-order valence-electron chi connectivity index (χ2n) is 6.77. The summed E-state index contributed by atoms with van der Waals surface area (Å²) in [6, 6.07) is 3.64. The number of hydrogen-bond donors (Lipinski definition) is 0. The third-order valence-electron chi connectivity index (χ3n) is 4.91. The smallest absolute Gasteiger partial charge is 0.335 e. The van der Waals surface area contributed by atoms with Gasteiger partial charge in [-0.15, -0.1) is 0 Å². The van der Waals surface area contributed by atoms with Crippen LogP contribution in [0, 0.1) is 27.7 Å². The van der Waals surface area contributed by atoms with Crippen LogP contribution in [-0.2, 0) is 11.9 Å². The molecule has 0 bridgehead atoms. The summed E-state index contributed by atoms with van der Waals surface area (Å²) in [7, 11) is 3.14. The van der Waals surface area contributed by atoms with Crippen molar-refractivity contribution in [3.05, 3.63) is 55.4 Å². The Bertz CT molecular complexity index is 978. The summed E-state index contributed by atoms with van der Waals surface area (Å²) in [5, 5.41) is 3.89. The number of rotatable bonds is 5. The van der Waals surface area contributed by atoms with E-state index >= 15 is 0 Å². The van der Waals surface area contributed by atoms with Crippen LogP contribution in [0.15, 0.2) is 26.9 Å². The van der Waals surface area contributed by atoms with Gasteiger partial charge in [-0.3, -0.25) is 4.79 Å². The van der Waals surface area contributed by atoms with E-state index in [4.69, 9.17) is 9.57 Å². The van der Waals surface area contributed by atoms with Crippen LogP contribution in [0.1, 0.15) is 36.2 Å². The molecule has 0 aliphatic rings. The highest BCUT2D eigenvalue weighted by Gasteiger charge is 2.17. The van der Waals surface area contributed by atoms with Crippen molar-refractivity contribution in [3.8, 4) is 11.4 Å². The SMILES string of the molecule is CO/N=C(\C)C(C)Oc1cc(-n2c(=O)c(C)c(C)n(C)c2=O)c(C)cc1C. The summed E-state index contributed by atoms with van der Waals surface area (Å²) in [5.74, 6) is 0.584. The lowest BCUT2D eigenvalue weighted by Gasteiger charge is -2.19. The molecule has 1 atom stereocenters. The lowest BCUT2D eigenvalue weighted by Crippen LogP contribution is -2.40. The molecule has 146 valence electrons. The van der Waals surface area contributed by atoms with E-state index in [1.807, 2.05) is 33.8 Å². The number of ether oxygens (including phenoxy) is 1. The van der Waals surface area contributed by atoms with Gasteiger partial charge in [0.1, 0.15) is 19.0 Å². The largest absolute Gasteiger partial charge is 0.484 e. The fraction of sp³-hybridized carbons (Fsp3) is 0.450. The van der Waals surface area contributed by atoms with Crippen LogP contribution < -0.4 is 16.0 Å². The van der Waals surface area contributed by atoms with Gasteiger partial charge in [-0.1, -0.05) is 11.2 Å². The first kappa shape index (κ1) is 20.5. The van der Waals surface area contributed by atoms with Crippen molar-refractivity contribution in [2.75, 3.05) is 7.11 Å². The van der Waals surface area contributed by atoms with Gasteiger partial charge in [0.25, 0.3) is 5.56 Å². The zero-order valence-corrected chi connectivity index (χ0v) is 17.2. The highest BCUT2D eigenvalue weighted by Crippen LogP contribution is 2.25. The van der Waals surface area contributed by atoms with Crippen molar-refractivity contribution in [3.63, 3.8) is 0 Å². The Morgan fingerprint density at radius 1 is 1.11 bits per heavy atom. The Labute approximate surface area is 158 Å². The van der Waals surface area contributed by atoms with Gasteiger partial charge >= 0.3 is 5.69 Å². The zero-order valence-electron chi connectivity index (χ0n) is 17.2. The van der Waals surface area contributed by atoms with E-state index in [9.17, 15) is 9.59 Å². The predicted octanol–water partition coefficient (Wildman–Crippen LogP) is 2.56. The van der Waals surface area contributed by atoms with Gasteiger partial charge in [-0.05, 0) is 52.7 Å². The molecule has 0 spiro atoms. The highest BCUT2D eigenvalue weighted by molar-refractivity contribution is 5.85. The number of aryl methyl sites for hydroxylation is 2. The lowest BCUT2D eigenvalue weighted by molar-refractivity contribution is 0.203. The molecule has 2 aromatic rings. The highest BCUT2D eigenvalue weighted by atomic mass is 16.6. The zero-order chi connectivity index (χ0) is 20.5. The van der Waals surface area contributed by atoms with Crippen molar-refractivity contribution in [2.24, 2.45) is 12.2 Å². The Kier molecular flexibility index (Phi) is 5.93. The molecule has 0 amide bonds. The normalized spacial score (nSPS) is 12.8. The Balaban J connectivity index is 2.67. The van der Waals surface area contributed by atoms with E-state index in [0.717, 1.165) is 11.1 Å². The third kappa shape index (κ3) is 3.82. The summed E-state index contributed by atoms with van der Waals surface area (Å²) in [4.78, 5) is 30.4. The van der Waals surface area contributed by atoms with Gasteiger partial charge in [0.15, 0.2) is 0 Å².